The maximum atomic E-state index is 12.9. The Morgan fingerprint density at radius 2 is 1.39 bits per heavy atom. The van der Waals surface area contributed by atoms with Crippen LogP contribution in [0.2, 0.25) is 5.15 Å². The lowest BCUT2D eigenvalue weighted by molar-refractivity contribution is 0.0209. The van der Waals surface area contributed by atoms with E-state index in [2.05, 4.69) is 57.7 Å². The van der Waals surface area contributed by atoms with Gasteiger partial charge in [-0.05, 0) is 101 Å². The third-order valence-corrected chi connectivity index (χ3v) is 9.03. The number of hydrogen-bond acceptors (Lipinski definition) is 7. The van der Waals surface area contributed by atoms with E-state index in [1.807, 2.05) is 53.7 Å². The number of amides is 2. The fourth-order valence-electron chi connectivity index (χ4n) is 6.55. The van der Waals surface area contributed by atoms with Crippen LogP contribution in [-0.2, 0) is 9.47 Å². The van der Waals surface area contributed by atoms with Gasteiger partial charge in [0.1, 0.15) is 39.7 Å². The Kier molecular flexibility index (Phi) is 8.31. The number of H-pyrrole nitrogens is 2. The van der Waals surface area contributed by atoms with E-state index in [9.17, 15) is 9.59 Å². The summed E-state index contributed by atoms with van der Waals surface area (Å²) in [6, 6.07) is 18.3. The molecule has 12 heteroatoms. The Hall–Kier alpha value is -4.61. The Bertz CT molecular complexity index is 2060. The highest BCUT2D eigenvalue weighted by atomic mass is 35.5. The van der Waals surface area contributed by atoms with Gasteiger partial charge in [-0.2, -0.15) is 0 Å². The molecule has 0 saturated carbocycles. The lowest BCUT2D eigenvalue weighted by Crippen LogP contribution is -2.37. The normalized spacial score (nSPS) is 18.5. The first-order valence-electron chi connectivity index (χ1n) is 16.7. The Morgan fingerprint density at radius 3 is 2.10 bits per heavy atom. The molecular weight excluding hydrogens is 642 g/mol. The number of likely N-dealkylation sites (tertiary alicyclic amines) is 1. The number of aromatic amines is 2. The fraction of sp³-hybridized carbons (Fsp3) is 0.405. The molecule has 4 heterocycles. The zero-order valence-electron chi connectivity index (χ0n) is 28.7. The molecule has 11 nitrogen and oxygen atoms in total. The van der Waals surface area contributed by atoms with E-state index in [1.165, 1.54) is 0 Å². The maximum absolute atomic E-state index is 12.9. The molecule has 0 aliphatic carbocycles. The van der Waals surface area contributed by atoms with Crippen molar-refractivity contribution in [1.29, 1.82) is 0 Å². The van der Waals surface area contributed by atoms with Crippen molar-refractivity contribution in [2.75, 3.05) is 19.8 Å². The molecule has 2 amide bonds. The van der Waals surface area contributed by atoms with Crippen molar-refractivity contribution >= 4 is 45.6 Å². The number of aromatic nitrogens is 4. The van der Waals surface area contributed by atoms with Crippen LogP contribution in [0, 0.1) is 0 Å². The van der Waals surface area contributed by atoms with Gasteiger partial charge in [-0.1, -0.05) is 41.9 Å². The van der Waals surface area contributed by atoms with Crippen LogP contribution in [0.1, 0.15) is 78.1 Å². The van der Waals surface area contributed by atoms with Crippen LogP contribution in [-0.4, -0.2) is 72.9 Å². The number of halogens is 1. The summed E-state index contributed by atoms with van der Waals surface area (Å²) in [5.74, 6) is 1.39. The number of rotatable bonds is 4. The monoisotopic (exact) mass is 683 g/mol. The molecule has 2 aromatic heterocycles. The number of carbonyl (C=O) groups excluding carboxylic acids is 2. The molecule has 0 radical (unpaired) electrons. The Balaban J connectivity index is 1.11. The van der Waals surface area contributed by atoms with Gasteiger partial charge in [0.15, 0.2) is 0 Å². The van der Waals surface area contributed by atoms with Crippen LogP contribution in [0.25, 0.3) is 44.2 Å². The van der Waals surface area contributed by atoms with Crippen LogP contribution >= 0.6 is 11.6 Å². The molecule has 2 atom stereocenters. The number of carbonyl (C=O) groups is 2. The molecule has 2 saturated heterocycles. The van der Waals surface area contributed by atoms with Gasteiger partial charge in [0.25, 0.3) is 0 Å². The molecule has 0 unspecified atom stereocenters. The summed E-state index contributed by atoms with van der Waals surface area (Å²) < 4.78 is 11.3. The Morgan fingerprint density at radius 1 is 0.776 bits per heavy atom. The molecule has 2 fully saturated rings. The second kappa shape index (κ2) is 12.4. The van der Waals surface area contributed by atoms with Gasteiger partial charge >= 0.3 is 12.2 Å². The van der Waals surface area contributed by atoms with E-state index < -0.39 is 17.3 Å². The Labute approximate surface area is 290 Å². The van der Waals surface area contributed by atoms with Crippen LogP contribution in [0.5, 0.6) is 0 Å². The van der Waals surface area contributed by atoms with Gasteiger partial charge in [0, 0.05) is 18.7 Å². The van der Waals surface area contributed by atoms with Crippen LogP contribution in [0.4, 0.5) is 9.59 Å². The number of hydrogen-bond donors (Lipinski definition) is 3. The highest BCUT2D eigenvalue weighted by molar-refractivity contribution is 6.32. The van der Waals surface area contributed by atoms with E-state index in [-0.39, 0.29) is 18.2 Å². The van der Waals surface area contributed by atoms with Gasteiger partial charge < -0.3 is 19.4 Å². The molecule has 5 aromatic rings. The topological polar surface area (TPSA) is 128 Å². The first-order valence-corrected chi connectivity index (χ1v) is 17.1. The number of benzene rings is 3. The molecule has 0 spiro atoms. The first kappa shape index (κ1) is 32.9. The molecule has 3 aromatic carbocycles. The largest absolute Gasteiger partial charge is 0.444 e. The number of imidazole rings is 2. The second-order valence-corrected chi connectivity index (χ2v) is 15.2. The van der Waals surface area contributed by atoms with Gasteiger partial charge in [-0.15, -0.1) is 0 Å². The highest BCUT2D eigenvalue weighted by Crippen LogP contribution is 2.36. The van der Waals surface area contributed by atoms with Gasteiger partial charge in [-0.25, -0.2) is 19.6 Å². The highest BCUT2D eigenvalue weighted by Gasteiger charge is 2.36. The van der Waals surface area contributed by atoms with E-state index in [0.717, 1.165) is 57.2 Å². The summed E-state index contributed by atoms with van der Waals surface area (Å²) >= 11 is 6.68. The molecule has 7 rings (SSSR count). The standard InChI is InChI=1S/C37H42ClN7O4/c1-36(2,3)48-34(46)44-15-7-8-28(44)32-40-26-14-13-24(18-27(26)41-32)22-9-10-23-17-25(12-11-21(23)16-22)30-31(38)43-33(42-30)29-19-39-20-45(29)35(47)49-37(4,5)6/h9-14,16-18,28-29,39H,7-8,15,19-20H2,1-6H3,(H,40,41)(H,42,43)/t28-,29-/m0/s1. The second-order valence-electron chi connectivity index (χ2n) is 14.8. The molecule has 3 N–H and O–H groups in total. The summed E-state index contributed by atoms with van der Waals surface area (Å²) in [5, 5.41) is 5.78. The molecule has 2 aliphatic heterocycles. The summed E-state index contributed by atoms with van der Waals surface area (Å²) in [5.41, 5.74) is 4.27. The average Bonchev–Trinajstić information content (AvgIpc) is 3.83. The third-order valence-electron chi connectivity index (χ3n) is 8.76. The SMILES string of the molecule is CC(C)(C)OC(=O)N1CNC[C@H]1c1nc(-c2ccc3cc(-c4ccc5nc([C@@H]6CCCN6C(=O)OC(C)(C)C)[nH]c5c4)ccc3c2)c(Cl)[nH]1. The van der Waals surface area contributed by atoms with Crippen molar-refractivity contribution in [3.05, 3.63) is 71.4 Å². The zero-order chi connectivity index (χ0) is 34.7. The van der Waals surface area contributed by atoms with Gasteiger partial charge in [-0.3, -0.25) is 15.1 Å². The lowest BCUT2D eigenvalue weighted by atomic mass is 9.99. The predicted molar refractivity (Wildman–Crippen MR) is 190 cm³/mol. The molecular formula is C37H42ClN7O4. The summed E-state index contributed by atoms with van der Waals surface area (Å²) in [6.45, 7) is 12.8. The van der Waals surface area contributed by atoms with E-state index >= 15 is 0 Å². The zero-order valence-corrected chi connectivity index (χ0v) is 29.4. The van der Waals surface area contributed by atoms with E-state index in [0.29, 0.717) is 36.4 Å². The van der Waals surface area contributed by atoms with Crippen LogP contribution in [0.3, 0.4) is 0 Å². The first-order chi connectivity index (χ1) is 23.2. The molecule has 256 valence electrons. The molecule has 0 bridgehead atoms. The minimum absolute atomic E-state index is 0.140. The maximum Gasteiger partial charge on any atom is 0.412 e. The smallest absolute Gasteiger partial charge is 0.412 e. The summed E-state index contributed by atoms with van der Waals surface area (Å²) in [4.78, 5) is 45.5. The van der Waals surface area contributed by atoms with E-state index in [1.54, 1.807) is 9.80 Å². The quantitative estimate of drug-likeness (QED) is 0.174. The third kappa shape index (κ3) is 6.82. The minimum atomic E-state index is -0.599. The van der Waals surface area contributed by atoms with Crippen molar-refractivity contribution in [3.63, 3.8) is 0 Å². The summed E-state index contributed by atoms with van der Waals surface area (Å²) in [6.07, 6.45) is 1.04. The van der Waals surface area contributed by atoms with Crippen molar-refractivity contribution < 1.29 is 19.1 Å². The predicted octanol–water partition coefficient (Wildman–Crippen LogP) is 8.34. The van der Waals surface area contributed by atoms with Crippen molar-refractivity contribution in [2.45, 2.75) is 77.7 Å². The molecule has 49 heavy (non-hydrogen) atoms. The van der Waals surface area contributed by atoms with Crippen LogP contribution < -0.4 is 5.32 Å². The number of nitrogens with zero attached hydrogens (tertiary/aromatic N) is 4. The van der Waals surface area contributed by atoms with Crippen molar-refractivity contribution in [3.8, 4) is 22.4 Å². The summed E-state index contributed by atoms with van der Waals surface area (Å²) in [7, 11) is 0. The average molecular weight is 684 g/mol. The van der Waals surface area contributed by atoms with Gasteiger partial charge in [0.2, 0.25) is 0 Å². The number of ether oxygens (including phenoxy) is 2. The van der Waals surface area contributed by atoms with Gasteiger partial charge in [0.05, 0.1) is 23.7 Å². The van der Waals surface area contributed by atoms with E-state index in [4.69, 9.17) is 31.0 Å². The fourth-order valence-corrected chi connectivity index (χ4v) is 6.79. The van der Waals surface area contributed by atoms with Crippen LogP contribution in [0.15, 0.2) is 54.6 Å². The van der Waals surface area contributed by atoms with Crippen molar-refractivity contribution in [1.82, 2.24) is 35.1 Å². The van der Waals surface area contributed by atoms with Crippen molar-refractivity contribution in [2.24, 2.45) is 0 Å². The number of fused-ring (bicyclic) bond motifs is 2. The number of nitrogens with one attached hydrogen (secondary N) is 3. The molecule has 2 aliphatic rings. The lowest BCUT2D eigenvalue weighted by Gasteiger charge is -2.27. The minimum Gasteiger partial charge on any atom is -0.444 e.